The molecule has 138 valence electrons. The van der Waals surface area contributed by atoms with Crippen molar-refractivity contribution in [3.63, 3.8) is 0 Å². The van der Waals surface area contributed by atoms with Crippen molar-refractivity contribution in [2.75, 3.05) is 26.7 Å². The molecule has 26 heavy (non-hydrogen) atoms. The maximum atomic E-state index is 12.8. The van der Waals surface area contributed by atoms with Crippen molar-refractivity contribution >= 4 is 10.0 Å². The van der Waals surface area contributed by atoms with Crippen molar-refractivity contribution in [3.8, 4) is 5.75 Å². The Kier molecular flexibility index (Phi) is 4.29. The van der Waals surface area contributed by atoms with Crippen LogP contribution in [0.2, 0.25) is 0 Å². The first-order chi connectivity index (χ1) is 12.4. The largest absolute Gasteiger partial charge is 0.483 e. The Labute approximate surface area is 155 Å². The predicted octanol–water partition coefficient (Wildman–Crippen LogP) is 2.65. The standard InChI is InChI=1S/C20H24N2O3S/c1-16-6-5-7-17(12-16)13-22-11-10-20(15-22)14-21(2)26(23,24)19-9-4-3-8-18(19)25-20/h3-9,12H,10-11,13-15H2,1-2H3/t20-/m0/s1. The van der Waals surface area contributed by atoms with E-state index in [1.807, 2.05) is 6.07 Å². The van der Waals surface area contributed by atoms with E-state index in [2.05, 4.69) is 36.1 Å². The SMILES string of the molecule is Cc1cccc(CN2CC[C@@]3(C2)CN(C)S(=O)(=O)c2ccccc2O3)c1. The summed E-state index contributed by atoms with van der Waals surface area (Å²) in [4.78, 5) is 2.61. The average molecular weight is 372 g/mol. The van der Waals surface area contributed by atoms with Crippen molar-refractivity contribution in [3.05, 3.63) is 59.7 Å². The Morgan fingerprint density at radius 3 is 2.73 bits per heavy atom. The third kappa shape index (κ3) is 3.13. The van der Waals surface area contributed by atoms with Gasteiger partial charge in [0.15, 0.2) is 0 Å². The van der Waals surface area contributed by atoms with Crippen LogP contribution in [0.5, 0.6) is 5.75 Å². The van der Waals surface area contributed by atoms with Crippen LogP contribution in [0.25, 0.3) is 0 Å². The van der Waals surface area contributed by atoms with Gasteiger partial charge in [-0.15, -0.1) is 0 Å². The topological polar surface area (TPSA) is 49.9 Å². The Morgan fingerprint density at radius 2 is 1.92 bits per heavy atom. The number of nitrogens with zero attached hydrogens (tertiary/aromatic N) is 2. The molecule has 5 nitrogen and oxygen atoms in total. The first-order valence-corrected chi connectivity index (χ1v) is 10.3. The van der Waals surface area contributed by atoms with E-state index in [1.165, 1.54) is 15.4 Å². The molecule has 0 aliphatic carbocycles. The molecule has 0 amide bonds. The third-order valence-electron chi connectivity index (χ3n) is 5.26. The van der Waals surface area contributed by atoms with E-state index in [-0.39, 0.29) is 4.90 Å². The summed E-state index contributed by atoms with van der Waals surface area (Å²) >= 11 is 0. The molecule has 0 saturated carbocycles. The molecule has 0 bridgehead atoms. The molecular weight excluding hydrogens is 348 g/mol. The molecule has 2 aliphatic heterocycles. The molecule has 1 atom stereocenters. The lowest BCUT2D eigenvalue weighted by atomic mass is 10.0. The van der Waals surface area contributed by atoms with Gasteiger partial charge in [-0.1, -0.05) is 42.0 Å². The van der Waals surface area contributed by atoms with E-state index < -0.39 is 15.6 Å². The summed E-state index contributed by atoms with van der Waals surface area (Å²) in [5, 5.41) is 0. The zero-order valence-corrected chi connectivity index (χ0v) is 16.0. The highest BCUT2D eigenvalue weighted by Crippen LogP contribution is 2.38. The monoisotopic (exact) mass is 372 g/mol. The van der Waals surface area contributed by atoms with Gasteiger partial charge in [0.1, 0.15) is 16.2 Å². The molecule has 0 radical (unpaired) electrons. The van der Waals surface area contributed by atoms with Gasteiger partial charge in [0.05, 0.1) is 6.54 Å². The molecule has 1 fully saturated rings. The van der Waals surface area contributed by atoms with Gasteiger partial charge < -0.3 is 4.74 Å². The van der Waals surface area contributed by atoms with Crippen LogP contribution in [0.15, 0.2) is 53.4 Å². The van der Waals surface area contributed by atoms with Crippen LogP contribution >= 0.6 is 0 Å². The first kappa shape index (κ1) is 17.5. The molecule has 6 heteroatoms. The van der Waals surface area contributed by atoms with Crippen LogP contribution in [-0.2, 0) is 16.6 Å². The van der Waals surface area contributed by atoms with Gasteiger partial charge in [0, 0.05) is 33.1 Å². The van der Waals surface area contributed by atoms with Crippen LogP contribution < -0.4 is 4.74 Å². The summed E-state index contributed by atoms with van der Waals surface area (Å²) in [6.45, 7) is 4.93. The average Bonchev–Trinajstić information content (AvgIpc) is 2.93. The van der Waals surface area contributed by atoms with Gasteiger partial charge in [-0.2, -0.15) is 4.31 Å². The lowest BCUT2D eigenvalue weighted by Crippen LogP contribution is -2.47. The summed E-state index contributed by atoms with van der Waals surface area (Å²) in [5.74, 6) is 0.467. The van der Waals surface area contributed by atoms with Gasteiger partial charge in [0.25, 0.3) is 0 Å². The minimum Gasteiger partial charge on any atom is -0.483 e. The summed E-state index contributed by atoms with van der Waals surface area (Å²) in [7, 11) is -1.87. The summed E-state index contributed by atoms with van der Waals surface area (Å²) in [5.41, 5.74) is 2.03. The van der Waals surface area contributed by atoms with Crippen molar-refractivity contribution in [1.82, 2.24) is 9.21 Å². The second-order valence-corrected chi connectivity index (χ2v) is 9.46. The highest BCUT2D eigenvalue weighted by atomic mass is 32.2. The summed E-state index contributed by atoms with van der Waals surface area (Å²) in [6.07, 6.45) is 0.813. The number of rotatable bonds is 2. The van der Waals surface area contributed by atoms with Crippen LogP contribution in [0.1, 0.15) is 17.5 Å². The van der Waals surface area contributed by atoms with Gasteiger partial charge in [-0.3, -0.25) is 4.90 Å². The Morgan fingerprint density at radius 1 is 1.12 bits per heavy atom. The smallest absolute Gasteiger partial charge is 0.246 e. The molecule has 4 rings (SSSR count). The Balaban J connectivity index is 1.60. The van der Waals surface area contributed by atoms with E-state index in [9.17, 15) is 8.42 Å². The number of likely N-dealkylation sites (tertiary alicyclic amines) is 1. The van der Waals surface area contributed by atoms with Crippen molar-refractivity contribution in [2.24, 2.45) is 0 Å². The van der Waals surface area contributed by atoms with E-state index in [1.54, 1.807) is 25.2 Å². The van der Waals surface area contributed by atoms with E-state index >= 15 is 0 Å². The zero-order chi connectivity index (χ0) is 18.4. The number of likely N-dealkylation sites (N-methyl/N-ethyl adjacent to an activating group) is 1. The number of para-hydroxylation sites is 1. The first-order valence-electron chi connectivity index (χ1n) is 8.90. The van der Waals surface area contributed by atoms with Crippen LogP contribution in [0.3, 0.4) is 0 Å². The highest BCUT2D eigenvalue weighted by Gasteiger charge is 2.46. The Hall–Kier alpha value is -1.89. The fraction of sp³-hybridized carbons (Fsp3) is 0.400. The maximum absolute atomic E-state index is 12.8. The minimum atomic E-state index is -3.51. The van der Waals surface area contributed by atoms with Gasteiger partial charge in [0.2, 0.25) is 10.0 Å². The van der Waals surface area contributed by atoms with Crippen LogP contribution in [-0.4, -0.2) is 49.9 Å². The normalized spacial score (nSPS) is 25.6. The Bertz CT molecular complexity index is 928. The number of fused-ring (bicyclic) bond motifs is 1. The van der Waals surface area contributed by atoms with Crippen LogP contribution in [0.4, 0.5) is 0 Å². The number of hydrogen-bond donors (Lipinski definition) is 0. The number of benzene rings is 2. The van der Waals surface area contributed by atoms with Crippen molar-refractivity contribution < 1.29 is 13.2 Å². The summed E-state index contributed by atoms with van der Waals surface area (Å²) in [6, 6.07) is 15.5. The maximum Gasteiger partial charge on any atom is 0.246 e. The molecular formula is C20H24N2O3S. The fourth-order valence-corrected chi connectivity index (χ4v) is 5.37. The molecule has 1 saturated heterocycles. The molecule has 0 aromatic heterocycles. The minimum absolute atomic E-state index is 0.261. The molecule has 1 spiro atoms. The highest BCUT2D eigenvalue weighted by molar-refractivity contribution is 7.89. The van der Waals surface area contributed by atoms with Gasteiger partial charge in [-0.05, 0) is 24.6 Å². The molecule has 2 aromatic carbocycles. The molecule has 0 unspecified atom stereocenters. The lowest BCUT2D eigenvalue weighted by Gasteiger charge is -2.30. The summed E-state index contributed by atoms with van der Waals surface area (Å²) < 4.78 is 33.4. The third-order valence-corrected chi connectivity index (χ3v) is 7.10. The lowest BCUT2D eigenvalue weighted by molar-refractivity contribution is 0.0623. The molecule has 2 aliphatic rings. The number of sulfonamides is 1. The molecule has 2 heterocycles. The van der Waals surface area contributed by atoms with E-state index in [4.69, 9.17) is 4.74 Å². The number of ether oxygens (including phenoxy) is 1. The van der Waals surface area contributed by atoms with E-state index in [0.717, 1.165) is 26.1 Å². The molecule has 2 aromatic rings. The molecule has 0 N–H and O–H groups in total. The second kappa shape index (κ2) is 6.37. The quantitative estimate of drug-likeness (QED) is 0.813. The van der Waals surface area contributed by atoms with Crippen molar-refractivity contribution in [1.29, 1.82) is 0 Å². The van der Waals surface area contributed by atoms with Gasteiger partial charge in [-0.25, -0.2) is 8.42 Å². The van der Waals surface area contributed by atoms with Gasteiger partial charge >= 0.3 is 0 Å². The van der Waals surface area contributed by atoms with Crippen LogP contribution in [0, 0.1) is 6.92 Å². The van der Waals surface area contributed by atoms with Crippen molar-refractivity contribution in [2.45, 2.75) is 30.4 Å². The zero-order valence-electron chi connectivity index (χ0n) is 15.2. The van der Waals surface area contributed by atoms with E-state index in [0.29, 0.717) is 12.3 Å². The second-order valence-electron chi connectivity index (χ2n) is 7.44. The number of aryl methyl sites for hydroxylation is 1. The number of hydrogen-bond acceptors (Lipinski definition) is 4. The fourth-order valence-electron chi connectivity index (χ4n) is 4.02. The predicted molar refractivity (Wildman–Crippen MR) is 101 cm³/mol.